The van der Waals surface area contributed by atoms with Crippen LogP contribution in [0.1, 0.15) is 58.6 Å². The van der Waals surface area contributed by atoms with Crippen LogP contribution >= 0.6 is 15.9 Å². The molecular weight excluding hydrogens is 316 g/mol. The van der Waals surface area contributed by atoms with Crippen molar-refractivity contribution in [2.45, 2.75) is 58.7 Å². The Morgan fingerprint density at radius 3 is 2.40 bits per heavy atom. The minimum absolute atomic E-state index is 0.234. The normalized spacial score (nSPS) is 20.9. The molecule has 112 valence electrons. The lowest BCUT2D eigenvalue weighted by atomic mass is 9.78. The van der Waals surface area contributed by atoms with Gasteiger partial charge in [-0.2, -0.15) is 0 Å². The molecule has 1 N–H and O–H groups in total. The highest BCUT2D eigenvalue weighted by molar-refractivity contribution is 9.10. The highest BCUT2D eigenvalue weighted by Gasteiger charge is 2.41. The van der Waals surface area contributed by atoms with Gasteiger partial charge in [-0.3, -0.25) is 0 Å². The van der Waals surface area contributed by atoms with E-state index in [-0.39, 0.29) is 5.60 Å². The van der Waals surface area contributed by atoms with Crippen LogP contribution in [-0.2, 0) is 0 Å². The van der Waals surface area contributed by atoms with Gasteiger partial charge in [0.2, 0.25) is 0 Å². The summed E-state index contributed by atoms with van der Waals surface area (Å²) in [5, 5.41) is 10.5. The van der Waals surface area contributed by atoms with Crippen molar-refractivity contribution in [3.8, 4) is 5.75 Å². The highest BCUT2D eigenvalue weighted by atomic mass is 79.9. The summed E-state index contributed by atoms with van der Waals surface area (Å²) in [6.45, 7) is 8.87. The molecule has 2 rings (SSSR count). The lowest BCUT2D eigenvalue weighted by Gasteiger charge is -2.43. The molecule has 0 saturated carbocycles. The summed E-state index contributed by atoms with van der Waals surface area (Å²) in [4.78, 5) is 0. The van der Waals surface area contributed by atoms with Gasteiger partial charge in [-0.25, -0.2) is 0 Å². The van der Waals surface area contributed by atoms with E-state index >= 15 is 0 Å². The maximum atomic E-state index is 10.5. The van der Waals surface area contributed by atoms with Crippen LogP contribution in [0.3, 0.4) is 0 Å². The van der Waals surface area contributed by atoms with Crippen LogP contribution in [0.4, 0.5) is 0 Å². The minimum Gasteiger partial charge on any atom is -0.487 e. The number of benzene rings is 1. The fourth-order valence-electron chi connectivity index (χ4n) is 3.43. The van der Waals surface area contributed by atoms with Gasteiger partial charge >= 0.3 is 0 Å². The number of hydrogen-bond donors (Lipinski definition) is 1. The average Bonchev–Trinajstić information content (AvgIpc) is 2.28. The average molecular weight is 341 g/mol. The number of rotatable bonds is 4. The van der Waals surface area contributed by atoms with Crippen molar-refractivity contribution in [1.29, 1.82) is 0 Å². The maximum absolute atomic E-state index is 10.5. The molecule has 0 saturated heterocycles. The predicted molar refractivity (Wildman–Crippen MR) is 86.0 cm³/mol. The molecule has 2 nitrogen and oxygen atoms in total. The first-order chi connectivity index (χ1) is 9.31. The Morgan fingerprint density at radius 2 is 1.85 bits per heavy atom. The summed E-state index contributed by atoms with van der Waals surface area (Å²) >= 11 is 3.46. The lowest BCUT2D eigenvalue weighted by molar-refractivity contribution is -0.0407. The second-order valence-corrected chi connectivity index (χ2v) is 7.80. The van der Waals surface area contributed by atoms with E-state index in [9.17, 15) is 5.11 Å². The summed E-state index contributed by atoms with van der Waals surface area (Å²) in [6.07, 6.45) is 2.22. The van der Waals surface area contributed by atoms with Gasteiger partial charge in [0.25, 0.3) is 0 Å². The van der Waals surface area contributed by atoms with E-state index in [4.69, 9.17) is 4.74 Å². The van der Waals surface area contributed by atoms with E-state index in [0.29, 0.717) is 18.3 Å². The van der Waals surface area contributed by atoms with Crippen molar-refractivity contribution in [2.75, 3.05) is 0 Å². The summed E-state index contributed by atoms with van der Waals surface area (Å²) in [6, 6.07) is 5.91. The van der Waals surface area contributed by atoms with Gasteiger partial charge in [0.1, 0.15) is 11.4 Å². The van der Waals surface area contributed by atoms with E-state index in [1.165, 1.54) is 0 Å². The van der Waals surface area contributed by atoms with Crippen molar-refractivity contribution in [2.24, 2.45) is 11.8 Å². The third-order valence-corrected chi connectivity index (χ3v) is 4.28. The fraction of sp³-hybridized carbons (Fsp3) is 0.647. The third kappa shape index (κ3) is 3.56. The second kappa shape index (κ2) is 6.07. The van der Waals surface area contributed by atoms with E-state index in [1.807, 2.05) is 18.2 Å². The molecule has 0 aromatic heterocycles. The van der Waals surface area contributed by atoms with Crippen molar-refractivity contribution >= 4 is 15.9 Å². The molecule has 1 aliphatic rings. The van der Waals surface area contributed by atoms with Gasteiger partial charge in [0.15, 0.2) is 0 Å². The van der Waals surface area contributed by atoms with Gasteiger partial charge in [-0.1, -0.05) is 43.6 Å². The van der Waals surface area contributed by atoms with Crippen molar-refractivity contribution in [1.82, 2.24) is 0 Å². The quantitative estimate of drug-likeness (QED) is 0.826. The van der Waals surface area contributed by atoms with Crippen LogP contribution in [0.15, 0.2) is 22.7 Å². The van der Waals surface area contributed by atoms with Gasteiger partial charge in [0.05, 0.1) is 6.10 Å². The first-order valence-electron chi connectivity index (χ1n) is 7.48. The zero-order valence-electron chi connectivity index (χ0n) is 12.8. The highest BCUT2D eigenvalue weighted by Crippen LogP contribution is 2.45. The molecule has 0 bridgehead atoms. The summed E-state index contributed by atoms with van der Waals surface area (Å²) in [7, 11) is 0. The van der Waals surface area contributed by atoms with E-state index in [2.05, 4.69) is 43.6 Å². The fourth-order valence-corrected chi connectivity index (χ4v) is 3.81. The molecule has 1 aromatic carbocycles. The third-order valence-electron chi connectivity index (χ3n) is 3.78. The molecule has 1 aliphatic heterocycles. The number of aliphatic hydroxyl groups is 1. The Kier molecular flexibility index (Phi) is 4.80. The molecule has 1 atom stereocenters. The molecule has 0 amide bonds. The molecule has 1 heterocycles. The van der Waals surface area contributed by atoms with E-state index in [1.54, 1.807) is 0 Å². The van der Waals surface area contributed by atoms with Crippen LogP contribution in [-0.4, -0.2) is 10.7 Å². The molecular formula is C17H25BrO2. The lowest BCUT2D eigenvalue weighted by Crippen LogP contribution is -2.43. The molecule has 0 unspecified atom stereocenters. The predicted octanol–water partition coefficient (Wildman–Crippen LogP) is 5.10. The van der Waals surface area contributed by atoms with E-state index < -0.39 is 6.10 Å². The zero-order valence-corrected chi connectivity index (χ0v) is 14.4. The van der Waals surface area contributed by atoms with Crippen molar-refractivity contribution < 1.29 is 9.84 Å². The molecule has 0 aliphatic carbocycles. The maximum Gasteiger partial charge on any atom is 0.126 e. The largest absolute Gasteiger partial charge is 0.487 e. The standard InChI is InChI=1S/C17H25BrO2/c1-11(2)8-17(9-12(3)4)10-15(19)14-7-13(18)5-6-16(14)20-17/h5-7,11-12,15,19H,8-10H2,1-4H3/t15-/m1/s1. The number of fused-ring (bicyclic) bond motifs is 1. The van der Waals surface area contributed by atoms with Crippen LogP contribution in [0, 0.1) is 11.8 Å². The molecule has 0 radical (unpaired) electrons. The van der Waals surface area contributed by atoms with Crippen LogP contribution < -0.4 is 4.74 Å². The number of hydrogen-bond acceptors (Lipinski definition) is 2. The van der Waals surface area contributed by atoms with Crippen LogP contribution in [0.25, 0.3) is 0 Å². The van der Waals surface area contributed by atoms with Crippen molar-refractivity contribution in [3.05, 3.63) is 28.2 Å². The van der Waals surface area contributed by atoms with Crippen LogP contribution in [0.5, 0.6) is 5.75 Å². The van der Waals surface area contributed by atoms with E-state index in [0.717, 1.165) is 28.6 Å². The zero-order chi connectivity index (χ0) is 14.9. The molecule has 3 heteroatoms. The first-order valence-corrected chi connectivity index (χ1v) is 8.27. The minimum atomic E-state index is -0.436. The summed E-state index contributed by atoms with van der Waals surface area (Å²) in [5.41, 5.74) is 0.672. The monoisotopic (exact) mass is 340 g/mol. The molecule has 0 spiro atoms. The Labute approximate surface area is 130 Å². The summed E-state index contributed by atoms with van der Waals surface area (Å²) in [5.74, 6) is 1.95. The van der Waals surface area contributed by atoms with Gasteiger partial charge in [-0.05, 0) is 42.9 Å². The smallest absolute Gasteiger partial charge is 0.126 e. The van der Waals surface area contributed by atoms with Crippen molar-refractivity contribution in [3.63, 3.8) is 0 Å². The number of halogens is 1. The van der Waals surface area contributed by atoms with Crippen LogP contribution in [0.2, 0.25) is 0 Å². The summed E-state index contributed by atoms with van der Waals surface area (Å²) < 4.78 is 7.37. The van der Waals surface area contributed by atoms with Gasteiger partial charge in [-0.15, -0.1) is 0 Å². The number of aliphatic hydroxyl groups excluding tert-OH is 1. The Bertz CT molecular complexity index is 458. The second-order valence-electron chi connectivity index (χ2n) is 6.88. The van der Waals surface area contributed by atoms with Gasteiger partial charge < -0.3 is 9.84 Å². The molecule has 1 aromatic rings. The SMILES string of the molecule is CC(C)CC1(CC(C)C)C[C@@H](O)c2cc(Br)ccc2O1. The molecule has 20 heavy (non-hydrogen) atoms. The Balaban J connectivity index is 2.34. The van der Waals surface area contributed by atoms with Gasteiger partial charge in [0, 0.05) is 16.5 Å². The molecule has 0 fully saturated rings. The topological polar surface area (TPSA) is 29.5 Å². The number of ether oxygens (including phenoxy) is 1. The Morgan fingerprint density at radius 1 is 1.25 bits per heavy atom. The first kappa shape index (κ1) is 15.8. The Hall–Kier alpha value is -0.540.